The highest BCUT2D eigenvalue weighted by atomic mass is 19.4. The lowest BCUT2D eigenvalue weighted by Crippen LogP contribution is -2.28. The lowest BCUT2D eigenvalue weighted by molar-refractivity contribution is -0.137. The zero-order valence-electron chi connectivity index (χ0n) is 24.0. The maximum Gasteiger partial charge on any atom is 0.416 e. The van der Waals surface area contributed by atoms with Gasteiger partial charge < -0.3 is 20.9 Å². The van der Waals surface area contributed by atoms with Gasteiger partial charge in [-0.1, -0.05) is 30.7 Å². The van der Waals surface area contributed by atoms with E-state index >= 15 is 0 Å². The number of aromatic nitrogens is 2. The number of nitrogen functional groups attached to an aromatic ring is 1. The van der Waals surface area contributed by atoms with Crippen molar-refractivity contribution in [1.82, 2.24) is 14.9 Å². The number of carbonyl (C=O) groups is 1. The van der Waals surface area contributed by atoms with Crippen molar-refractivity contribution < 1.29 is 22.4 Å². The molecule has 10 heteroatoms. The number of nitrogens with two attached hydrogens (primary N) is 1. The normalized spacial score (nSPS) is 21.2. The van der Waals surface area contributed by atoms with E-state index < -0.39 is 17.6 Å². The molecule has 3 atom stereocenters. The first kappa shape index (κ1) is 29.2. The third-order valence-electron chi connectivity index (χ3n) is 9.08. The van der Waals surface area contributed by atoms with Gasteiger partial charge in [-0.05, 0) is 103 Å². The van der Waals surface area contributed by atoms with Gasteiger partial charge in [-0.25, -0.2) is 9.37 Å². The molecule has 2 fully saturated rings. The van der Waals surface area contributed by atoms with Crippen LogP contribution in [0.25, 0.3) is 22.2 Å². The molecule has 3 unspecified atom stereocenters. The second-order valence-electron chi connectivity index (χ2n) is 11.9. The topological polar surface area (TPSA) is 85.0 Å². The van der Waals surface area contributed by atoms with E-state index in [1.165, 1.54) is 5.56 Å². The van der Waals surface area contributed by atoms with E-state index in [1.54, 1.807) is 0 Å². The van der Waals surface area contributed by atoms with E-state index in [2.05, 4.69) is 52.0 Å². The van der Waals surface area contributed by atoms with Crippen molar-refractivity contribution in [2.24, 2.45) is 13.0 Å². The summed E-state index contributed by atoms with van der Waals surface area (Å²) >= 11 is 0. The van der Waals surface area contributed by atoms with Gasteiger partial charge in [0.15, 0.2) is 0 Å². The number of benzene rings is 3. The van der Waals surface area contributed by atoms with E-state index in [4.69, 9.17) is 5.73 Å². The predicted molar refractivity (Wildman–Crippen MR) is 160 cm³/mol. The molecule has 1 saturated carbocycles. The molecule has 1 aliphatic heterocycles. The van der Waals surface area contributed by atoms with Gasteiger partial charge in [0.2, 0.25) is 11.9 Å². The van der Waals surface area contributed by atoms with Crippen LogP contribution in [0.4, 0.5) is 29.2 Å². The van der Waals surface area contributed by atoms with E-state index in [1.807, 2.05) is 11.6 Å². The lowest BCUT2D eigenvalue weighted by Gasteiger charge is -2.29. The summed E-state index contributed by atoms with van der Waals surface area (Å²) < 4.78 is 55.0. The van der Waals surface area contributed by atoms with Crippen LogP contribution >= 0.6 is 0 Å². The first-order valence-electron chi connectivity index (χ1n) is 14.8. The second kappa shape index (κ2) is 11.6. The van der Waals surface area contributed by atoms with Gasteiger partial charge in [0.1, 0.15) is 5.82 Å². The summed E-state index contributed by atoms with van der Waals surface area (Å²) in [5.41, 5.74) is 11.4. The van der Waals surface area contributed by atoms with Gasteiger partial charge in [-0.3, -0.25) is 4.79 Å². The van der Waals surface area contributed by atoms with Gasteiger partial charge in [0.25, 0.3) is 0 Å². The number of nitrogens with zero attached hydrogens (tertiary/aromatic N) is 2. The largest absolute Gasteiger partial charge is 0.416 e. The summed E-state index contributed by atoms with van der Waals surface area (Å²) in [6.07, 6.45) is 0.575. The molecule has 2 aliphatic rings. The molecule has 43 heavy (non-hydrogen) atoms. The summed E-state index contributed by atoms with van der Waals surface area (Å²) in [5.74, 6) is -0.800. The molecule has 0 radical (unpaired) electrons. The third-order valence-corrected chi connectivity index (χ3v) is 9.08. The Balaban J connectivity index is 1.18. The summed E-state index contributed by atoms with van der Waals surface area (Å²) in [4.78, 5) is 17.6. The molecule has 1 aliphatic carbocycles. The monoisotopic (exact) mass is 593 g/mol. The second-order valence-corrected chi connectivity index (χ2v) is 11.9. The summed E-state index contributed by atoms with van der Waals surface area (Å²) in [6, 6.07) is 14.9. The van der Waals surface area contributed by atoms with Crippen LogP contribution in [0.5, 0.6) is 0 Å². The van der Waals surface area contributed by atoms with Gasteiger partial charge in [-0.15, -0.1) is 0 Å². The van der Waals surface area contributed by atoms with Crippen LogP contribution in [-0.4, -0.2) is 28.5 Å². The maximum atomic E-state index is 14.3. The Bertz CT molecular complexity index is 1640. The summed E-state index contributed by atoms with van der Waals surface area (Å²) in [6.45, 7) is 1.95. The minimum atomic E-state index is -4.65. The molecule has 1 amide bonds. The van der Waals surface area contributed by atoms with Crippen molar-refractivity contribution in [2.75, 3.05) is 24.1 Å². The smallest absolute Gasteiger partial charge is 0.369 e. The Morgan fingerprint density at radius 3 is 2.47 bits per heavy atom. The molecule has 1 aromatic heterocycles. The highest BCUT2D eigenvalue weighted by Gasteiger charge is 2.32. The number of anilines is 2. The number of aryl methyl sites for hydroxylation is 1. The zero-order chi connectivity index (χ0) is 30.3. The fourth-order valence-electron chi connectivity index (χ4n) is 6.71. The fourth-order valence-corrected chi connectivity index (χ4v) is 6.71. The van der Waals surface area contributed by atoms with E-state index in [9.17, 15) is 22.4 Å². The van der Waals surface area contributed by atoms with Crippen LogP contribution < -0.4 is 16.4 Å². The van der Waals surface area contributed by atoms with Crippen molar-refractivity contribution in [2.45, 2.75) is 56.5 Å². The van der Waals surface area contributed by atoms with Crippen LogP contribution in [0, 0.1) is 11.7 Å². The Morgan fingerprint density at radius 2 is 1.77 bits per heavy atom. The number of piperidine rings is 1. The number of amides is 1. The zero-order valence-corrected chi connectivity index (χ0v) is 24.0. The fraction of sp³-hybridized carbons (Fsp3) is 0.394. The van der Waals surface area contributed by atoms with Crippen molar-refractivity contribution in [3.8, 4) is 11.1 Å². The van der Waals surface area contributed by atoms with Crippen LogP contribution in [-0.2, 0) is 18.0 Å². The average molecular weight is 594 g/mol. The van der Waals surface area contributed by atoms with Crippen LogP contribution in [0.15, 0.2) is 54.6 Å². The third kappa shape index (κ3) is 5.98. The average Bonchev–Trinajstić information content (AvgIpc) is 3.30. The van der Waals surface area contributed by atoms with E-state index in [0.717, 1.165) is 78.6 Å². The first-order valence-corrected chi connectivity index (χ1v) is 14.8. The number of alkyl halides is 3. The van der Waals surface area contributed by atoms with Gasteiger partial charge >= 0.3 is 6.18 Å². The number of imidazole rings is 1. The lowest BCUT2D eigenvalue weighted by atomic mass is 9.77. The molecule has 6 rings (SSSR count). The van der Waals surface area contributed by atoms with Gasteiger partial charge in [0, 0.05) is 19.5 Å². The number of carbonyl (C=O) groups excluding carboxylic acids is 1. The highest BCUT2D eigenvalue weighted by molar-refractivity contribution is 5.93. The number of rotatable bonds is 5. The Kier molecular flexibility index (Phi) is 7.89. The standard InChI is InChI=1S/C33H35F4N5O/c1-42-30-26(23-6-3-13-39-18-23)15-24(16-29(30)41-32(42)38)20-9-7-19(8-10-20)21-4-2-5-22(14-21)31(43)40-28-12-11-25(17-27(28)34)33(35,36)37/h7-12,15-17,21-23,39H,2-6,13-14,18H2,1H3,(H2,38,41)(H,40,43). The van der Waals surface area contributed by atoms with Crippen LogP contribution in [0.3, 0.4) is 0 Å². The molecule has 1 saturated heterocycles. The quantitative estimate of drug-likeness (QED) is 0.211. The van der Waals surface area contributed by atoms with Crippen molar-refractivity contribution in [3.05, 3.63) is 77.1 Å². The summed E-state index contributed by atoms with van der Waals surface area (Å²) in [7, 11) is 1.95. The number of fused-ring (bicyclic) bond motifs is 1. The summed E-state index contributed by atoms with van der Waals surface area (Å²) in [5, 5.41) is 6.03. The molecular weight excluding hydrogens is 558 g/mol. The van der Waals surface area contributed by atoms with Gasteiger partial charge in [0.05, 0.1) is 22.3 Å². The maximum absolute atomic E-state index is 14.3. The first-order chi connectivity index (χ1) is 20.6. The molecule has 0 bridgehead atoms. The minimum Gasteiger partial charge on any atom is -0.369 e. The highest BCUT2D eigenvalue weighted by Crippen LogP contribution is 2.39. The van der Waals surface area contributed by atoms with Crippen molar-refractivity contribution in [3.63, 3.8) is 0 Å². The predicted octanol–water partition coefficient (Wildman–Crippen LogP) is 7.36. The number of hydrogen-bond acceptors (Lipinski definition) is 4. The van der Waals surface area contributed by atoms with Crippen LogP contribution in [0.1, 0.15) is 67.1 Å². The molecule has 0 spiro atoms. The molecule has 226 valence electrons. The van der Waals surface area contributed by atoms with E-state index in [-0.39, 0.29) is 23.4 Å². The number of halogens is 4. The Labute approximate surface area is 247 Å². The molecular formula is C33H35F4N5O. The minimum absolute atomic E-state index is 0.151. The van der Waals surface area contributed by atoms with E-state index in [0.29, 0.717) is 30.8 Å². The molecule has 4 N–H and O–H groups in total. The molecule has 2 heterocycles. The molecule has 6 nitrogen and oxygen atoms in total. The Morgan fingerprint density at radius 1 is 1.00 bits per heavy atom. The number of nitrogens with one attached hydrogen (secondary N) is 2. The SMILES string of the molecule is Cn1c(N)nc2cc(-c3ccc(C4CCCC(C(=O)Nc5ccc(C(F)(F)F)cc5F)C4)cc3)cc(C3CCCNC3)c21. The molecule has 3 aromatic carbocycles. The van der Waals surface area contributed by atoms with Gasteiger partial charge in [-0.2, -0.15) is 13.2 Å². The van der Waals surface area contributed by atoms with Crippen molar-refractivity contribution in [1.29, 1.82) is 0 Å². The molecule has 4 aromatic rings. The number of hydrogen-bond donors (Lipinski definition) is 3. The van der Waals surface area contributed by atoms with Crippen molar-refractivity contribution >= 4 is 28.6 Å². The Hall–Kier alpha value is -3.92. The van der Waals surface area contributed by atoms with Crippen LogP contribution in [0.2, 0.25) is 0 Å².